The predicted molar refractivity (Wildman–Crippen MR) is 61.7 cm³/mol. The van der Waals surface area contributed by atoms with E-state index in [0.29, 0.717) is 16.7 Å². The summed E-state index contributed by atoms with van der Waals surface area (Å²) >= 11 is 0. The molecule has 0 amide bonds. The summed E-state index contributed by atoms with van der Waals surface area (Å²) in [6.07, 6.45) is 1.32. The van der Waals surface area contributed by atoms with Gasteiger partial charge in [-0.15, -0.1) is 0 Å². The lowest BCUT2D eigenvalue weighted by molar-refractivity contribution is 0.0699. The molecule has 0 aliphatic carbocycles. The van der Waals surface area contributed by atoms with Gasteiger partial charge in [-0.1, -0.05) is 6.07 Å². The minimum atomic E-state index is -1.08. The van der Waals surface area contributed by atoms with Crippen LogP contribution in [0.3, 0.4) is 0 Å². The summed E-state index contributed by atoms with van der Waals surface area (Å²) < 4.78 is 6.43. The topological polar surface area (TPSA) is 68.5 Å². The standard InChI is InChI=1S/C12H11NO4/c1-7(14)13-6-8(12(15)16)11-9(13)4-3-5-10(11)17-2/h3-6H,1-2H3,(H,15,16). The Morgan fingerprint density at radius 1 is 1.35 bits per heavy atom. The average Bonchev–Trinajstić information content (AvgIpc) is 2.68. The molecule has 0 aliphatic heterocycles. The van der Waals surface area contributed by atoms with Crippen LogP contribution in [0.1, 0.15) is 22.1 Å². The maximum absolute atomic E-state index is 11.4. The van der Waals surface area contributed by atoms with Crippen molar-refractivity contribution in [1.29, 1.82) is 0 Å². The number of carboxylic acid groups (broad SMARTS) is 1. The van der Waals surface area contributed by atoms with Crippen molar-refractivity contribution in [2.75, 3.05) is 7.11 Å². The van der Waals surface area contributed by atoms with E-state index in [-0.39, 0.29) is 11.5 Å². The van der Waals surface area contributed by atoms with Gasteiger partial charge in [0, 0.05) is 13.1 Å². The molecule has 0 aliphatic rings. The summed E-state index contributed by atoms with van der Waals surface area (Å²) in [7, 11) is 1.46. The Bertz CT molecular complexity index is 612. The van der Waals surface area contributed by atoms with Crippen LogP contribution in [0.4, 0.5) is 0 Å². The third-order valence-corrected chi connectivity index (χ3v) is 2.58. The molecule has 0 atom stereocenters. The van der Waals surface area contributed by atoms with E-state index in [1.54, 1.807) is 18.2 Å². The molecule has 1 heterocycles. The summed E-state index contributed by atoms with van der Waals surface area (Å²) in [6.45, 7) is 1.38. The number of carboxylic acids is 1. The molecular weight excluding hydrogens is 222 g/mol. The molecule has 1 aromatic heterocycles. The van der Waals surface area contributed by atoms with Gasteiger partial charge < -0.3 is 9.84 Å². The Hall–Kier alpha value is -2.30. The minimum absolute atomic E-state index is 0.0626. The van der Waals surface area contributed by atoms with Crippen LogP contribution in [0.2, 0.25) is 0 Å². The minimum Gasteiger partial charge on any atom is -0.496 e. The average molecular weight is 233 g/mol. The number of carbonyl (C=O) groups is 2. The fourth-order valence-electron chi connectivity index (χ4n) is 1.85. The van der Waals surface area contributed by atoms with Gasteiger partial charge in [-0.25, -0.2) is 4.79 Å². The number of fused-ring (bicyclic) bond motifs is 1. The molecule has 0 saturated heterocycles. The van der Waals surface area contributed by atoms with E-state index in [2.05, 4.69) is 0 Å². The lowest BCUT2D eigenvalue weighted by atomic mass is 10.1. The SMILES string of the molecule is COc1cccc2c1c(C(=O)O)cn2C(C)=O. The molecule has 0 radical (unpaired) electrons. The summed E-state index contributed by atoms with van der Waals surface area (Å²) in [4.78, 5) is 22.6. The smallest absolute Gasteiger partial charge is 0.338 e. The van der Waals surface area contributed by atoms with Crippen molar-refractivity contribution in [2.45, 2.75) is 6.92 Å². The van der Waals surface area contributed by atoms with Gasteiger partial charge >= 0.3 is 5.97 Å². The van der Waals surface area contributed by atoms with E-state index in [4.69, 9.17) is 9.84 Å². The zero-order valence-electron chi connectivity index (χ0n) is 9.43. The van der Waals surface area contributed by atoms with Gasteiger partial charge in [0.1, 0.15) is 5.75 Å². The Kier molecular flexibility index (Phi) is 2.59. The first kappa shape index (κ1) is 11.2. The summed E-state index contributed by atoms with van der Waals surface area (Å²) in [5.41, 5.74) is 0.599. The van der Waals surface area contributed by atoms with Crippen LogP contribution in [-0.2, 0) is 0 Å². The molecule has 88 valence electrons. The molecule has 0 saturated carbocycles. The fraction of sp³-hybridized carbons (Fsp3) is 0.167. The summed E-state index contributed by atoms with van der Waals surface area (Å²) in [6, 6.07) is 5.07. The molecule has 0 unspecified atom stereocenters. The van der Waals surface area contributed by atoms with Crippen molar-refractivity contribution in [1.82, 2.24) is 4.57 Å². The number of hydrogen-bond acceptors (Lipinski definition) is 3. The van der Waals surface area contributed by atoms with E-state index in [1.165, 1.54) is 24.8 Å². The third-order valence-electron chi connectivity index (χ3n) is 2.58. The van der Waals surface area contributed by atoms with E-state index in [1.807, 2.05) is 0 Å². The number of methoxy groups -OCH3 is 1. The second kappa shape index (κ2) is 3.93. The van der Waals surface area contributed by atoms with E-state index >= 15 is 0 Å². The number of nitrogens with zero attached hydrogens (tertiary/aromatic N) is 1. The normalized spacial score (nSPS) is 10.5. The second-order valence-electron chi connectivity index (χ2n) is 3.59. The van der Waals surface area contributed by atoms with Gasteiger partial charge in [-0.05, 0) is 12.1 Å². The molecule has 2 aromatic rings. The molecule has 5 heteroatoms. The number of ether oxygens (including phenoxy) is 1. The van der Waals surface area contributed by atoms with Crippen LogP contribution in [-0.4, -0.2) is 28.7 Å². The molecular formula is C12H11NO4. The summed E-state index contributed by atoms with van der Waals surface area (Å²) in [5.74, 6) is -0.879. The predicted octanol–water partition coefficient (Wildman–Crippen LogP) is 2.01. The lowest BCUT2D eigenvalue weighted by Gasteiger charge is -2.03. The highest BCUT2D eigenvalue weighted by Gasteiger charge is 2.19. The zero-order chi connectivity index (χ0) is 12.6. The quantitative estimate of drug-likeness (QED) is 0.861. The summed E-state index contributed by atoms with van der Waals surface area (Å²) in [5, 5.41) is 9.56. The Morgan fingerprint density at radius 3 is 2.59 bits per heavy atom. The molecule has 0 spiro atoms. The molecule has 1 aromatic carbocycles. The lowest BCUT2D eigenvalue weighted by Crippen LogP contribution is -2.03. The maximum atomic E-state index is 11.4. The van der Waals surface area contributed by atoms with Crippen LogP contribution in [0, 0.1) is 0 Å². The molecule has 5 nitrogen and oxygen atoms in total. The molecule has 0 fully saturated rings. The third kappa shape index (κ3) is 1.65. The number of benzene rings is 1. The van der Waals surface area contributed by atoms with Gasteiger partial charge in [0.15, 0.2) is 0 Å². The largest absolute Gasteiger partial charge is 0.496 e. The molecule has 1 N–H and O–H groups in total. The van der Waals surface area contributed by atoms with E-state index < -0.39 is 5.97 Å². The van der Waals surface area contributed by atoms with Crippen LogP contribution < -0.4 is 4.74 Å². The van der Waals surface area contributed by atoms with Crippen LogP contribution in [0.25, 0.3) is 10.9 Å². The zero-order valence-corrected chi connectivity index (χ0v) is 9.43. The molecule has 17 heavy (non-hydrogen) atoms. The van der Waals surface area contributed by atoms with Crippen molar-refractivity contribution in [2.24, 2.45) is 0 Å². The van der Waals surface area contributed by atoms with Crippen LogP contribution >= 0.6 is 0 Å². The second-order valence-corrected chi connectivity index (χ2v) is 3.59. The van der Waals surface area contributed by atoms with Crippen LogP contribution in [0.5, 0.6) is 5.75 Å². The van der Waals surface area contributed by atoms with Gasteiger partial charge in [0.25, 0.3) is 0 Å². The first-order valence-corrected chi connectivity index (χ1v) is 4.98. The number of carbonyl (C=O) groups excluding carboxylic acids is 1. The van der Waals surface area contributed by atoms with Gasteiger partial charge in [0.2, 0.25) is 5.91 Å². The first-order chi connectivity index (χ1) is 8.06. The number of aromatic nitrogens is 1. The van der Waals surface area contributed by atoms with Crippen LogP contribution in [0.15, 0.2) is 24.4 Å². The van der Waals surface area contributed by atoms with Crippen molar-refractivity contribution < 1.29 is 19.4 Å². The van der Waals surface area contributed by atoms with Crippen molar-refractivity contribution in [3.63, 3.8) is 0 Å². The van der Waals surface area contributed by atoms with E-state index in [0.717, 1.165) is 0 Å². The highest BCUT2D eigenvalue weighted by atomic mass is 16.5. The monoisotopic (exact) mass is 233 g/mol. The van der Waals surface area contributed by atoms with Crippen molar-refractivity contribution >= 4 is 22.8 Å². The Morgan fingerprint density at radius 2 is 2.06 bits per heavy atom. The highest BCUT2D eigenvalue weighted by Crippen LogP contribution is 2.30. The molecule has 2 rings (SSSR count). The first-order valence-electron chi connectivity index (χ1n) is 4.98. The molecule has 0 bridgehead atoms. The van der Waals surface area contributed by atoms with Crippen molar-refractivity contribution in [3.8, 4) is 5.75 Å². The fourth-order valence-corrected chi connectivity index (χ4v) is 1.85. The van der Waals surface area contributed by atoms with Crippen molar-refractivity contribution in [3.05, 3.63) is 30.0 Å². The van der Waals surface area contributed by atoms with E-state index in [9.17, 15) is 9.59 Å². The van der Waals surface area contributed by atoms with Gasteiger partial charge in [-0.3, -0.25) is 9.36 Å². The van der Waals surface area contributed by atoms with Gasteiger partial charge in [0.05, 0.1) is 23.6 Å². The number of aromatic carboxylic acids is 1. The number of hydrogen-bond donors (Lipinski definition) is 1. The highest BCUT2D eigenvalue weighted by molar-refractivity contribution is 6.08. The Balaban J connectivity index is 2.90. The Labute approximate surface area is 97.2 Å². The van der Waals surface area contributed by atoms with Gasteiger partial charge in [-0.2, -0.15) is 0 Å². The number of rotatable bonds is 2. The maximum Gasteiger partial charge on any atom is 0.338 e.